The van der Waals surface area contributed by atoms with Crippen molar-refractivity contribution in [3.8, 4) is 0 Å². The number of ether oxygens (including phenoxy) is 1. The zero-order valence-electron chi connectivity index (χ0n) is 20.3. The summed E-state index contributed by atoms with van der Waals surface area (Å²) in [4.78, 5) is 42.8. The average Bonchev–Trinajstić information content (AvgIpc) is 3.60. The minimum absolute atomic E-state index is 0.0120. The van der Waals surface area contributed by atoms with E-state index in [1.807, 2.05) is 43.9 Å². The first kappa shape index (κ1) is 25.0. The lowest BCUT2D eigenvalue weighted by molar-refractivity contribution is -0.127. The fourth-order valence-electron chi connectivity index (χ4n) is 4.05. The minimum Gasteiger partial charge on any atom is -0.446 e. The number of nitrogens with two attached hydrogens (primary N) is 1. The maximum absolute atomic E-state index is 13.0. The molecule has 33 heavy (non-hydrogen) atoms. The van der Waals surface area contributed by atoms with Gasteiger partial charge in [0.2, 0.25) is 11.8 Å². The van der Waals surface area contributed by atoms with Crippen LogP contribution in [0.2, 0.25) is 0 Å². The molecule has 182 valence electrons. The summed E-state index contributed by atoms with van der Waals surface area (Å²) in [5.41, 5.74) is 8.38. The normalized spacial score (nSPS) is 18.7. The molecular formula is C24H37N5O4. The van der Waals surface area contributed by atoms with Crippen molar-refractivity contribution in [1.29, 1.82) is 0 Å². The Morgan fingerprint density at radius 3 is 2.48 bits per heavy atom. The largest absolute Gasteiger partial charge is 0.446 e. The zero-order valence-corrected chi connectivity index (χ0v) is 20.3. The highest BCUT2D eigenvalue weighted by molar-refractivity contribution is 6.04. The van der Waals surface area contributed by atoms with Gasteiger partial charge in [-0.2, -0.15) is 0 Å². The van der Waals surface area contributed by atoms with Crippen molar-refractivity contribution in [2.45, 2.75) is 51.7 Å². The predicted molar refractivity (Wildman–Crippen MR) is 128 cm³/mol. The van der Waals surface area contributed by atoms with Crippen molar-refractivity contribution in [2.75, 3.05) is 50.1 Å². The molecule has 0 radical (unpaired) electrons. The summed E-state index contributed by atoms with van der Waals surface area (Å²) in [7, 11) is 3.43. The summed E-state index contributed by atoms with van der Waals surface area (Å²) in [6.45, 7) is 7.08. The Bertz CT molecular complexity index is 884. The Balaban J connectivity index is 1.90. The maximum atomic E-state index is 13.0. The van der Waals surface area contributed by atoms with Crippen molar-refractivity contribution < 1.29 is 19.1 Å². The molecule has 1 aliphatic heterocycles. The molecule has 1 heterocycles. The topological polar surface area (TPSA) is 108 Å². The number of nitrogens with one attached hydrogen (secondary N) is 1. The lowest BCUT2D eigenvalue weighted by atomic mass is 9.96. The number of anilines is 2. The third-order valence-electron chi connectivity index (χ3n) is 6.08. The van der Waals surface area contributed by atoms with Gasteiger partial charge in [0.1, 0.15) is 0 Å². The number of carbonyl (C=O) groups excluding carboxylic acids is 3. The van der Waals surface area contributed by atoms with E-state index in [0.29, 0.717) is 25.3 Å². The minimum atomic E-state index is -0.423. The SMILES string of the molecule is CC(C)OC(=O)N1C[C@H](C)N(C(=O)C2CC2)c2ccc(C(CN)CNCC(=O)N(C)C)cc21. The Morgan fingerprint density at radius 2 is 1.91 bits per heavy atom. The molecule has 0 saturated heterocycles. The first-order valence-electron chi connectivity index (χ1n) is 11.7. The molecule has 2 aliphatic rings. The predicted octanol–water partition coefficient (Wildman–Crippen LogP) is 1.90. The molecule has 3 amide bonds. The van der Waals surface area contributed by atoms with Gasteiger partial charge in [-0.15, -0.1) is 0 Å². The van der Waals surface area contributed by atoms with E-state index in [4.69, 9.17) is 10.5 Å². The van der Waals surface area contributed by atoms with E-state index in [0.717, 1.165) is 24.1 Å². The van der Waals surface area contributed by atoms with Crippen LogP contribution in [-0.2, 0) is 14.3 Å². The highest BCUT2D eigenvalue weighted by Gasteiger charge is 2.41. The van der Waals surface area contributed by atoms with Gasteiger partial charge in [0.25, 0.3) is 0 Å². The van der Waals surface area contributed by atoms with E-state index >= 15 is 0 Å². The summed E-state index contributed by atoms with van der Waals surface area (Å²) in [5, 5.41) is 3.17. The number of hydrogen-bond acceptors (Lipinski definition) is 6. The summed E-state index contributed by atoms with van der Waals surface area (Å²) in [6.07, 6.45) is 1.16. The quantitative estimate of drug-likeness (QED) is 0.615. The second kappa shape index (κ2) is 10.5. The molecule has 1 saturated carbocycles. The highest BCUT2D eigenvalue weighted by atomic mass is 16.6. The van der Waals surface area contributed by atoms with E-state index in [2.05, 4.69) is 5.32 Å². The van der Waals surface area contributed by atoms with Crippen LogP contribution in [0.1, 0.15) is 45.1 Å². The van der Waals surface area contributed by atoms with E-state index in [1.54, 1.807) is 19.0 Å². The number of amides is 3. The number of likely N-dealkylation sites (N-methyl/N-ethyl adjacent to an activating group) is 1. The van der Waals surface area contributed by atoms with Crippen molar-refractivity contribution in [1.82, 2.24) is 10.2 Å². The van der Waals surface area contributed by atoms with E-state index in [1.165, 1.54) is 4.90 Å². The molecular weight excluding hydrogens is 422 g/mol. The second-order valence-corrected chi connectivity index (χ2v) is 9.47. The average molecular weight is 460 g/mol. The van der Waals surface area contributed by atoms with E-state index < -0.39 is 6.09 Å². The molecule has 3 N–H and O–H groups in total. The molecule has 9 nitrogen and oxygen atoms in total. The summed E-state index contributed by atoms with van der Waals surface area (Å²) in [6, 6.07) is 5.65. The van der Waals surface area contributed by atoms with E-state index in [-0.39, 0.29) is 42.3 Å². The molecule has 0 spiro atoms. The number of benzene rings is 1. The molecule has 3 rings (SSSR count). The number of fused-ring (bicyclic) bond motifs is 1. The summed E-state index contributed by atoms with van der Waals surface area (Å²) < 4.78 is 5.50. The second-order valence-electron chi connectivity index (χ2n) is 9.47. The monoisotopic (exact) mass is 459 g/mol. The molecule has 1 unspecified atom stereocenters. The number of rotatable bonds is 8. The van der Waals surface area contributed by atoms with Crippen LogP contribution in [0.15, 0.2) is 18.2 Å². The third-order valence-corrected chi connectivity index (χ3v) is 6.08. The maximum Gasteiger partial charge on any atom is 0.414 e. The van der Waals surface area contributed by atoms with Crippen LogP contribution in [0.4, 0.5) is 16.2 Å². The van der Waals surface area contributed by atoms with E-state index in [9.17, 15) is 14.4 Å². The first-order valence-corrected chi connectivity index (χ1v) is 11.7. The van der Waals surface area contributed by atoms with Crippen molar-refractivity contribution in [3.63, 3.8) is 0 Å². The Kier molecular flexibility index (Phi) is 7.97. The summed E-state index contributed by atoms with van der Waals surface area (Å²) in [5.74, 6) is 0.124. The zero-order chi connectivity index (χ0) is 24.3. The smallest absolute Gasteiger partial charge is 0.414 e. The van der Waals surface area contributed by atoms with Gasteiger partial charge in [0, 0.05) is 45.6 Å². The van der Waals surface area contributed by atoms with Crippen LogP contribution < -0.4 is 20.9 Å². The third kappa shape index (κ3) is 5.83. The molecule has 9 heteroatoms. The molecule has 1 fully saturated rings. The van der Waals surface area contributed by atoms with Crippen LogP contribution in [0.5, 0.6) is 0 Å². The van der Waals surface area contributed by atoms with Gasteiger partial charge in [-0.1, -0.05) is 6.07 Å². The Hall–Kier alpha value is -2.65. The fourth-order valence-corrected chi connectivity index (χ4v) is 4.05. The number of nitrogens with zero attached hydrogens (tertiary/aromatic N) is 3. The van der Waals surface area contributed by atoms with Crippen molar-refractivity contribution in [3.05, 3.63) is 23.8 Å². The lowest BCUT2D eigenvalue weighted by Crippen LogP contribution is -2.52. The van der Waals surface area contributed by atoms with Gasteiger partial charge in [0.05, 0.1) is 30.1 Å². The first-order chi connectivity index (χ1) is 15.6. The van der Waals surface area contributed by atoms with Gasteiger partial charge in [-0.05, 0) is 51.3 Å². The molecule has 1 aromatic carbocycles. The molecule has 1 aliphatic carbocycles. The van der Waals surface area contributed by atoms with Crippen molar-refractivity contribution >= 4 is 29.3 Å². The Morgan fingerprint density at radius 1 is 1.21 bits per heavy atom. The van der Waals surface area contributed by atoms with Gasteiger partial charge < -0.3 is 25.6 Å². The van der Waals surface area contributed by atoms with Crippen molar-refractivity contribution in [2.24, 2.45) is 11.7 Å². The lowest BCUT2D eigenvalue weighted by Gasteiger charge is -2.41. The van der Waals surface area contributed by atoms with Gasteiger partial charge in [0.15, 0.2) is 0 Å². The van der Waals surface area contributed by atoms with Gasteiger partial charge in [-0.25, -0.2) is 4.79 Å². The van der Waals surface area contributed by atoms with Crippen LogP contribution >= 0.6 is 0 Å². The van der Waals surface area contributed by atoms with Crippen LogP contribution in [0.3, 0.4) is 0 Å². The fraction of sp³-hybridized carbons (Fsp3) is 0.625. The molecule has 0 bridgehead atoms. The van der Waals surface area contributed by atoms with Crippen LogP contribution in [-0.4, -0.2) is 75.2 Å². The number of hydrogen-bond donors (Lipinski definition) is 2. The van der Waals surface area contributed by atoms with Crippen LogP contribution in [0.25, 0.3) is 0 Å². The standard InChI is InChI=1S/C24H37N5O4/c1-15(2)33-24(32)28-14-16(3)29(23(31)17-6-7-17)20-9-8-18(10-21(20)28)19(11-25)12-26-13-22(30)27(4)5/h8-10,15-17,19,26H,6-7,11-14,25H2,1-5H3/t16-,19?/m0/s1. The highest BCUT2D eigenvalue weighted by Crippen LogP contribution is 2.41. The molecule has 0 aromatic heterocycles. The number of carbonyl (C=O) groups is 3. The molecule has 2 atom stereocenters. The van der Waals surface area contributed by atoms with Gasteiger partial charge in [-0.3, -0.25) is 14.5 Å². The van der Waals surface area contributed by atoms with Crippen LogP contribution in [0, 0.1) is 5.92 Å². The Labute approximate surface area is 196 Å². The molecule has 1 aromatic rings. The van der Waals surface area contributed by atoms with Gasteiger partial charge >= 0.3 is 6.09 Å². The summed E-state index contributed by atoms with van der Waals surface area (Å²) >= 11 is 0.